The van der Waals surface area contributed by atoms with Crippen molar-refractivity contribution < 1.29 is 19.4 Å². The van der Waals surface area contributed by atoms with Crippen LogP contribution in [0.3, 0.4) is 0 Å². The van der Waals surface area contributed by atoms with E-state index in [1.54, 1.807) is 37.5 Å². The molecule has 1 fully saturated rings. The maximum atomic E-state index is 12.8. The standard InChI is InChI=1S/C20H17NO4S2/c1-25-15-9-7-14(8-10-15)12-17-18(22)21(20(26)27-17)16(19(23)24)11-13-5-3-2-4-6-13/h2-10,12,16H,11H2,1H3,(H,23,24)/p-1/b17-12+/t16-/m1/s1. The number of carboxylic acid groups (broad SMARTS) is 1. The van der Waals surface area contributed by atoms with Crippen molar-refractivity contribution in [2.75, 3.05) is 7.11 Å². The number of hydrogen-bond donors (Lipinski definition) is 0. The highest BCUT2D eigenvalue weighted by Crippen LogP contribution is 2.34. The number of aliphatic carboxylic acids is 1. The monoisotopic (exact) mass is 398 g/mol. The SMILES string of the molecule is COc1ccc(/C=C2/SC(=S)N([C@H](Cc3ccccc3)C(=O)[O-])C2=O)cc1. The third-order valence-electron chi connectivity index (χ3n) is 4.09. The maximum Gasteiger partial charge on any atom is 0.266 e. The number of carboxylic acids is 1. The smallest absolute Gasteiger partial charge is 0.266 e. The Kier molecular flexibility index (Phi) is 5.93. The molecule has 1 heterocycles. The summed E-state index contributed by atoms with van der Waals surface area (Å²) in [7, 11) is 1.58. The molecule has 1 atom stereocenters. The minimum Gasteiger partial charge on any atom is -0.548 e. The van der Waals surface area contributed by atoms with E-state index in [4.69, 9.17) is 17.0 Å². The fraction of sp³-hybridized carbons (Fsp3) is 0.150. The second kappa shape index (κ2) is 8.37. The van der Waals surface area contributed by atoms with E-state index in [1.165, 1.54) is 0 Å². The summed E-state index contributed by atoms with van der Waals surface area (Å²) in [6.45, 7) is 0. The van der Waals surface area contributed by atoms with Gasteiger partial charge in [-0.15, -0.1) is 0 Å². The van der Waals surface area contributed by atoms with Crippen LogP contribution in [0.15, 0.2) is 59.5 Å². The summed E-state index contributed by atoms with van der Waals surface area (Å²) in [5, 5.41) is 11.7. The third kappa shape index (κ3) is 4.37. The summed E-state index contributed by atoms with van der Waals surface area (Å²) in [6, 6.07) is 15.1. The van der Waals surface area contributed by atoms with Crippen LogP contribution in [0.4, 0.5) is 0 Å². The maximum absolute atomic E-state index is 12.8. The molecule has 0 bridgehead atoms. The van der Waals surface area contributed by atoms with Gasteiger partial charge < -0.3 is 14.6 Å². The summed E-state index contributed by atoms with van der Waals surface area (Å²) in [4.78, 5) is 26.0. The van der Waals surface area contributed by atoms with Gasteiger partial charge in [0.15, 0.2) is 0 Å². The van der Waals surface area contributed by atoms with Crippen LogP contribution >= 0.6 is 24.0 Å². The Morgan fingerprint density at radius 3 is 2.48 bits per heavy atom. The molecular formula is C20H16NO4S2-. The Hall–Kier alpha value is -2.64. The van der Waals surface area contributed by atoms with E-state index in [9.17, 15) is 14.7 Å². The predicted molar refractivity (Wildman–Crippen MR) is 107 cm³/mol. The molecule has 1 aliphatic heterocycles. The van der Waals surface area contributed by atoms with Crippen LogP contribution in [0.25, 0.3) is 6.08 Å². The van der Waals surface area contributed by atoms with Crippen molar-refractivity contribution in [1.82, 2.24) is 4.90 Å². The molecular weight excluding hydrogens is 382 g/mol. The number of ether oxygens (including phenoxy) is 1. The molecule has 27 heavy (non-hydrogen) atoms. The second-order valence-electron chi connectivity index (χ2n) is 5.85. The summed E-state index contributed by atoms with van der Waals surface area (Å²) < 4.78 is 5.33. The van der Waals surface area contributed by atoms with Crippen LogP contribution in [-0.2, 0) is 16.0 Å². The van der Waals surface area contributed by atoms with Crippen LogP contribution in [0.2, 0.25) is 0 Å². The quantitative estimate of drug-likeness (QED) is 0.549. The molecule has 0 radical (unpaired) electrons. The highest BCUT2D eigenvalue weighted by Gasteiger charge is 2.37. The lowest BCUT2D eigenvalue weighted by Gasteiger charge is -2.27. The van der Waals surface area contributed by atoms with Crippen molar-refractivity contribution in [3.63, 3.8) is 0 Å². The first-order chi connectivity index (χ1) is 13.0. The summed E-state index contributed by atoms with van der Waals surface area (Å²) in [5.41, 5.74) is 1.59. The average Bonchev–Trinajstić information content (AvgIpc) is 2.94. The Morgan fingerprint density at radius 1 is 1.22 bits per heavy atom. The first kappa shape index (κ1) is 19.1. The van der Waals surface area contributed by atoms with E-state index in [0.717, 1.165) is 27.8 Å². The molecule has 2 aromatic carbocycles. The fourth-order valence-corrected chi connectivity index (χ4v) is 4.07. The molecule has 0 unspecified atom stereocenters. The van der Waals surface area contributed by atoms with Gasteiger partial charge in [-0.1, -0.05) is 66.4 Å². The summed E-state index contributed by atoms with van der Waals surface area (Å²) >= 11 is 6.37. The predicted octanol–water partition coefficient (Wildman–Crippen LogP) is 2.26. The van der Waals surface area contributed by atoms with Crippen LogP contribution in [-0.4, -0.2) is 34.2 Å². The van der Waals surface area contributed by atoms with Crippen molar-refractivity contribution in [3.05, 3.63) is 70.6 Å². The van der Waals surface area contributed by atoms with Gasteiger partial charge in [0.05, 0.1) is 24.0 Å². The highest BCUT2D eigenvalue weighted by atomic mass is 32.2. The Morgan fingerprint density at radius 2 is 1.89 bits per heavy atom. The van der Waals surface area contributed by atoms with E-state index in [-0.39, 0.29) is 10.7 Å². The van der Waals surface area contributed by atoms with Crippen molar-refractivity contribution in [2.24, 2.45) is 0 Å². The molecule has 0 aromatic heterocycles. The van der Waals surface area contributed by atoms with Crippen molar-refractivity contribution >= 4 is 46.3 Å². The van der Waals surface area contributed by atoms with Crippen molar-refractivity contribution in [1.29, 1.82) is 0 Å². The molecule has 0 spiro atoms. The number of benzene rings is 2. The zero-order valence-electron chi connectivity index (χ0n) is 14.5. The molecule has 1 aliphatic rings. The molecule has 0 N–H and O–H groups in total. The lowest BCUT2D eigenvalue weighted by atomic mass is 10.0. The molecule has 2 aromatic rings. The molecule has 1 saturated heterocycles. The molecule has 3 rings (SSSR count). The number of thiocarbonyl (C=S) groups is 1. The molecule has 5 nitrogen and oxygen atoms in total. The fourth-order valence-electron chi connectivity index (χ4n) is 2.72. The number of carbonyl (C=O) groups excluding carboxylic acids is 2. The highest BCUT2D eigenvalue weighted by molar-refractivity contribution is 8.26. The average molecular weight is 398 g/mol. The third-order valence-corrected chi connectivity index (χ3v) is 5.42. The van der Waals surface area contributed by atoms with Gasteiger partial charge in [0.1, 0.15) is 10.1 Å². The number of amides is 1. The molecule has 0 saturated carbocycles. The van der Waals surface area contributed by atoms with Crippen LogP contribution < -0.4 is 9.84 Å². The topological polar surface area (TPSA) is 69.7 Å². The number of carbonyl (C=O) groups is 2. The molecule has 0 aliphatic carbocycles. The van der Waals surface area contributed by atoms with E-state index in [1.807, 2.05) is 30.3 Å². The Balaban J connectivity index is 1.84. The van der Waals surface area contributed by atoms with Gasteiger partial charge in [0.25, 0.3) is 5.91 Å². The minimum atomic E-state index is -1.33. The van der Waals surface area contributed by atoms with Gasteiger partial charge >= 0.3 is 0 Å². The first-order valence-corrected chi connectivity index (χ1v) is 9.38. The molecule has 7 heteroatoms. The van der Waals surface area contributed by atoms with Crippen molar-refractivity contribution in [3.8, 4) is 5.75 Å². The number of nitrogens with zero attached hydrogens (tertiary/aromatic N) is 1. The second-order valence-corrected chi connectivity index (χ2v) is 7.53. The van der Waals surface area contributed by atoms with Gasteiger partial charge in [-0.2, -0.15) is 0 Å². The molecule has 1 amide bonds. The normalized spacial score (nSPS) is 16.6. The lowest BCUT2D eigenvalue weighted by molar-refractivity contribution is -0.310. The van der Waals surface area contributed by atoms with Gasteiger partial charge in [-0.3, -0.25) is 9.69 Å². The lowest BCUT2D eigenvalue weighted by Crippen LogP contribution is -2.51. The van der Waals surface area contributed by atoms with E-state index < -0.39 is 17.9 Å². The van der Waals surface area contributed by atoms with E-state index in [2.05, 4.69) is 0 Å². The summed E-state index contributed by atoms with van der Waals surface area (Å²) in [6.07, 6.45) is 1.82. The van der Waals surface area contributed by atoms with Crippen LogP contribution in [0.5, 0.6) is 5.75 Å². The van der Waals surface area contributed by atoms with Crippen LogP contribution in [0.1, 0.15) is 11.1 Å². The van der Waals surface area contributed by atoms with Gasteiger partial charge in [-0.25, -0.2) is 0 Å². The first-order valence-electron chi connectivity index (χ1n) is 8.15. The number of rotatable bonds is 6. The van der Waals surface area contributed by atoms with Gasteiger partial charge in [0.2, 0.25) is 0 Å². The number of thioether (sulfide) groups is 1. The Bertz CT molecular complexity index is 894. The summed E-state index contributed by atoms with van der Waals surface area (Å²) in [5.74, 6) is -1.05. The Labute approximate surface area is 166 Å². The molecule has 138 valence electrons. The van der Waals surface area contributed by atoms with E-state index >= 15 is 0 Å². The van der Waals surface area contributed by atoms with Crippen molar-refractivity contribution in [2.45, 2.75) is 12.5 Å². The van der Waals surface area contributed by atoms with E-state index in [0.29, 0.717) is 10.7 Å². The zero-order valence-corrected chi connectivity index (χ0v) is 16.1. The van der Waals surface area contributed by atoms with Gasteiger partial charge in [0, 0.05) is 0 Å². The minimum absolute atomic E-state index is 0.130. The largest absolute Gasteiger partial charge is 0.548 e. The van der Waals surface area contributed by atoms with Crippen LogP contribution in [0, 0.1) is 0 Å². The zero-order chi connectivity index (χ0) is 19.4. The van der Waals surface area contributed by atoms with Gasteiger partial charge in [-0.05, 0) is 35.8 Å². The number of methoxy groups -OCH3 is 1. The number of hydrogen-bond acceptors (Lipinski definition) is 6.